The molecule has 0 saturated carbocycles. The van der Waals surface area contributed by atoms with Crippen LogP contribution < -0.4 is 11.1 Å². The number of carbonyl (C=O) groups excluding carboxylic acids is 1. The SMILES string of the molecule is CCC[C@@H](N)C(=O)Nc1c(C)cc(C)cc1C. The van der Waals surface area contributed by atoms with E-state index in [2.05, 4.69) is 24.4 Å². The van der Waals surface area contributed by atoms with Gasteiger partial charge in [-0.1, -0.05) is 31.0 Å². The molecular formula is C14H22N2O. The van der Waals surface area contributed by atoms with Crippen molar-refractivity contribution in [1.29, 1.82) is 0 Å². The fourth-order valence-corrected chi connectivity index (χ4v) is 2.04. The van der Waals surface area contributed by atoms with Gasteiger partial charge < -0.3 is 11.1 Å². The number of benzene rings is 1. The molecule has 3 nitrogen and oxygen atoms in total. The maximum atomic E-state index is 11.9. The third-order valence-corrected chi connectivity index (χ3v) is 2.86. The van der Waals surface area contributed by atoms with Crippen molar-refractivity contribution in [2.24, 2.45) is 5.73 Å². The van der Waals surface area contributed by atoms with Gasteiger partial charge in [0.05, 0.1) is 6.04 Å². The molecule has 0 aliphatic rings. The monoisotopic (exact) mass is 234 g/mol. The predicted molar refractivity (Wildman–Crippen MR) is 72.2 cm³/mol. The third-order valence-electron chi connectivity index (χ3n) is 2.86. The molecule has 0 spiro atoms. The largest absolute Gasteiger partial charge is 0.324 e. The molecule has 0 aliphatic heterocycles. The lowest BCUT2D eigenvalue weighted by atomic mass is 10.0. The van der Waals surface area contributed by atoms with Gasteiger partial charge in [0.1, 0.15) is 0 Å². The number of carbonyl (C=O) groups is 1. The number of nitrogens with one attached hydrogen (secondary N) is 1. The maximum Gasteiger partial charge on any atom is 0.241 e. The van der Waals surface area contributed by atoms with E-state index in [0.29, 0.717) is 0 Å². The molecule has 3 N–H and O–H groups in total. The summed E-state index contributed by atoms with van der Waals surface area (Å²) in [4.78, 5) is 11.9. The average Bonchev–Trinajstić information content (AvgIpc) is 2.23. The average molecular weight is 234 g/mol. The first-order valence-electron chi connectivity index (χ1n) is 6.10. The van der Waals surface area contributed by atoms with Crippen LogP contribution in [0.1, 0.15) is 36.5 Å². The van der Waals surface area contributed by atoms with Crippen LogP contribution in [0.15, 0.2) is 12.1 Å². The minimum atomic E-state index is -0.417. The number of hydrogen-bond acceptors (Lipinski definition) is 2. The van der Waals surface area contributed by atoms with E-state index in [9.17, 15) is 4.79 Å². The zero-order valence-electron chi connectivity index (χ0n) is 11.1. The molecule has 0 saturated heterocycles. The fraction of sp³-hybridized carbons (Fsp3) is 0.500. The van der Waals surface area contributed by atoms with E-state index in [1.165, 1.54) is 5.56 Å². The fourth-order valence-electron chi connectivity index (χ4n) is 2.04. The van der Waals surface area contributed by atoms with Crippen LogP contribution in [0.5, 0.6) is 0 Å². The van der Waals surface area contributed by atoms with Crippen LogP contribution in [-0.2, 0) is 4.79 Å². The highest BCUT2D eigenvalue weighted by molar-refractivity contribution is 5.96. The van der Waals surface area contributed by atoms with Crippen molar-refractivity contribution in [3.8, 4) is 0 Å². The number of amides is 1. The van der Waals surface area contributed by atoms with Crippen molar-refractivity contribution in [2.75, 3.05) is 5.32 Å². The van der Waals surface area contributed by atoms with E-state index in [4.69, 9.17) is 5.73 Å². The summed E-state index contributed by atoms with van der Waals surface area (Å²) in [6, 6.07) is 3.71. The quantitative estimate of drug-likeness (QED) is 0.841. The number of rotatable bonds is 4. The number of aryl methyl sites for hydroxylation is 3. The van der Waals surface area contributed by atoms with Crippen molar-refractivity contribution in [3.05, 3.63) is 28.8 Å². The van der Waals surface area contributed by atoms with E-state index >= 15 is 0 Å². The van der Waals surface area contributed by atoms with Crippen molar-refractivity contribution in [2.45, 2.75) is 46.6 Å². The van der Waals surface area contributed by atoms with Crippen LogP contribution in [-0.4, -0.2) is 11.9 Å². The molecule has 1 aromatic rings. The molecule has 3 heteroatoms. The van der Waals surface area contributed by atoms with Crippen molar-refractivity contribution >= 4 is 11.6 Å². The van der Waals surface area contributed by atoms with Gasteiger partial charge in [0.25, 0.3) is 0 Å². The van der Waals surface area contributed by atoms with Crippen molar-refractivity contribution in [3.63, 3.8) is 0 Å². The summed E-state index contributed by atoms with van der Waals surface area (Å²) < 4.78 is 0. The lowest BCUT2D eigenvalue weighted by Crippen LogP contribution is -2.35. The van der Waals surface area contributed by atoms with E-state index in [1.807, 2.05) is 20.8 Å². The minimum Gasteiger partial charge on any atom is -0.324 e. The van der Waals surface area contributed by atoms with Gasteiger partial charge in [-0.2, -0.15) is 0 Å². The molecule has 1 amide bonds. The molecule has 0 heterocycles. The van der Waals surface area contributed by atoms with Gasteiger partial charge >= 0.3 is 0 Å². The first kappa shape index (κ1) is 13.7. The maximum absolute atomic E-state index is 11.9. The van der Waals surface area contributed by atoms with E-state index < -0.39 is 6.04 Å². The molecule has 0 radical (unpaired) electrons. The Balaban J connectivity index is 2.85. The predicted octanol–water partition coefficient (Wildman–Crippen LogP) is 2.68. The highest BCUT2D eigenvalue weighted by Crippen LogP contribution is 2.22. The molecule has 0 fully saturated rings. The Bertz CT molecular complexity index is 390. The van der Waals surface area contributed by atoms with Crippen LogP contribution in [0.4, 0.5) is 5.69 Å². The van der Waals surface area contributed by atoms with Gasteiger partial charge in [-0.05, 0) is 38.3 Å². The van der Waals surface area contributed by atoms with E-state index in [0.717, 1.165) is 29.7 Å². The third kappa shape index (κ3) is 3.56. The Morgan fingerprint density at radius 2 is 1.82 bits per heavy atom. The van der Waals surface area contributed by atoms with Gasteiger partial charge in [-0.25, -0.2) is 0 Å². The summed E-state index contributed by atoms with van der Waals surface area (Å²) in [6.45, 7) is 8.08. The lowest BCUT2D eigenvalue weighted by Gasteiger charge is -2.15. The van der Waals surface area contributed by atoms with Crippen LogP contribution >= 0.6 is 0 Å². The molecule has 17 heavy (non-hydrogen) atoms. The number of anilines is 1. The first-order chi connectivity index (χ1) is 7.95. The topological polar surface area (TPSA) is 55.1 Å². The second-order valence-corrected chi connectivity index (χ2v) is 4.66. The standard InChI is InChI=1S/C14H22N2O/c1-5-6-12(15)14(17)16-13-10(3)7-9(2)8-11(13)4/h7-8,12H,5-6,15H2,1-4H3,(H,16,17)/t12-/m1/s1. The molecule has 1 atom stereocenters. The first-order valence-corrected chi connectivity index (χ1v) is 6.10. The molecular weight excluding hydrogens is 212 g/mol. The number of hydrogen-bond donors (Lipinski definition) is 2. The molecule has 1 aromatic carbocycles. The lowest BCUT2D eigenvalue weighted by molar-refractivity contribution is -0.117. The summed E-state index contributed by atoms with van der Waals surface area (Å²) in [5.74, 6) is -0.0955. The molecule has 0 unspecified atom stereocenters. The van der Waals surface area contributed by atoms with Crippen LogP contribution in [0.2, 0.25) is 0 Å². The van der Waals surface area contributed by atoms with Gasteiger partial charge in [0.15, 0.2) is 0 Å². The second-order valence-electron chi connectivity index (χ2n) is 4.66. The summed E-state index contributed by atoms with van der Waals surface area (Å²) in [5, 5.41) is 2.93. The second kappa shape index (κ2) is 5.82. The molecule has 1 rings (SSSR count). The smallest absolute Gasteiger partial charge is 0.241 e. The Kier molecular flexibility index (Phi) is 4.70. The molecule has 0 bridgehead atoms. The van der Waals surface area contributed by atoms with Crippen molar-refractivity contribution in [1.82, 2.24) is 0 Å². The molecule has 0 aromatic heterocycles. The molecule has 0 aliphatic carbocycles. The summed E-state index contributed by atoms with van der Waals surface area (Å²) in [5.41, 5.74) is 10.1. The minimum absolute atomic E-state index is 0.0955. The van der Waals surface area contributed by atoms with Crippen LogP contribution in [0.3, 0.4) is 0 Å². The summed E-state index contributed by atoms with van der Waals surface area (Å²) in [6.07, 6.45) is 1.64. The van der Waals surface area contributed by atoms with E-state index in [-0.39, 0.29) is 5.91 Å². The highest BCUT2D eigenvalue weighted by atomic mass is 16.2. The summed E-state index contributed by atoms with van der Waals surface area (Å²) >= 11 is 0. The van der Waals surface area contributed by atoms with Gasteiger partial charge in [0.2, 0.25) is 5.91 Å². The Morgan fingerprint density at radius 1 is 1.29 bits per heavy atom. The van der Waals surface area contributed by atoms with Gasteiger partial charge in [-0.3, -0.25) is 4.79 Å². The summed E-state index contributed by atoms with van der Waals surface area (Å²) in [7, 11) is 0. The van der Waals surface area contributed by atoms with Crippen LogP contribution in [0.25, 0.3) is 0 Å². The Morgan fingerprint density at radius 3 is 2.29 bits per heavy atom. The van der Waals surface area contributed by atoms with Crippen molar-refractivity contribution < 1.29 is 4.79 Å². The molecule has 94 valence electrons. The van der Waals surface area contributed by atoms with E-state index in [1.54, 1.807) is 0 Å². The Hall–Kier alpha value is -1.35. The highest BCUT2D eigenvalue weighted by Gasteiger charge is 2.14. The van der Waals surface area contributed by atoms with Crippen LogP contribution in [0, 0.1) is 20.8 Å². The normalized spacial score (nSPS) is 12.3. The Labute approximate surface area is 103 Å². The zero-order valence-corrected chi connectivity index (χ0v) is 11.1. The zero-order chi connectivity index (χ0) is 13.0. The van der Waals surface area contributed by atoms with Gasteiger partial charge in [0, 0.05) is 5.69 Å². The van der Waals surface area contributed by atoms with Gasteiger partial charge in [-0.15, -0.1) is 0 Å². The number of nitrogens with two attached hydrogens (primary N) is 1.